The lowest BCUT2D eigenvalue weighted by Crippen LogP contribution is -2.56. The number of carbonyl (C=O) groups excluding carboxylic acids is 2. The third-order valence-corrected chi connectivity index (χ3v) is 5.89. The fourth-order valence-electron chi connectivity index (χ4n) is 2.96. The summed E-state index contributed by atoms with van der Waals surface area (Å²) in [7, 11) is 5.08. The van der Waals surface area contributed by atoms with E-state index in [1.54, 1.807) is 22.7 Å². The van der Waals surface area contributed by atoms with Crippen molar-refractivity contribution in [3.05, 3.63) is 12.2 Å². The van der Waals surface area contributed by atoms with Gasteiger partial charge < -0.3 is 35.2 Å². The van der Waals surface area contributed by atoms with Crippen LogP contribution in [0.2, 0.25) is 0 Å². The van der Waals surface area contributed by atoms with Gasteiger partial charge in [0.1, 0.15) is 24.4 Å². The number of carbonyl (C=O) groups is 2. The first-order valence-electron chi connectivity index (χ1n) is 10.5. The van der Waals surface area contributed by atoms with Crippen molar-refractivity contribution in [2.24, 2.45) is 5.41 Å². The van der Waals surface area contributed by atoms with Gasteiger partial charge in [0.15, 0.2) is 6.10 Å². The molecule has 10 heteroatoms. The highest BCUT2D eigenvalue weighted by Crippen LogP contribution is 2.17. The molecule has 1 saturated heterocycles. The number of likely N-dealkylation sites (N-methyl/N-ethyl adjacent to an activating group) is 1. The molecule has 0 radical (unpaired) electrons. The number of hydrogen-bond acceptors (Lipinski definition) is 8. The minimum atomic E-state index is -1.68. The van der Waals surface area contributed by atoms with Crippen molar-refractivity contribution in [3.8, 4) is 0 Å². The van der Waals surface area contributed by atoms with E-state index in [9.17, 15) is 24.9 Å². The maximum Gasteiger partial charge on any atom is 0.252 e. The second kappa shape index (κ2) is 12.8. The lowest BCUT2D eigenvalue weighted by atomic mass is 9.94. The maximum atomic E-state index is 12.9. The van der Waals surface area contributed by atoms with Crippen molar-refractivity contribution in [2.75, 3.05) is 52.3 Å². The summed E-state index contributed by atoms with van der Waals surface area (Å²) in [5.74, 6) is 0.287. The van der Waals surface area contributed by atoms with Crippen LogP contribution in [0.4, 0.5) is 0 Å². The molecule has 0 spiro atoms. The molecule has 0 aromatic rings. The monoisotopic (exact) mass is 461 g/mol. The summed E-state index contributed by atoms with van der Waals surface area (Å²) in [5.41, 5.74) is -0.223. The summed E-state index contributed by atoms with van der Waals surface area (Å²) < 4.78 is 5.11. The Morgan fingerprint density at radius 3 is 2.52 bits per heavy atom. The van der Waals surface area contributed by atoms with Crippen LogP contribution in [-0.2, 0) is 14.3 Å². The van der Waals surface area contributed by atoms with E-state index in [0.29, 0.717) is 25.4 Å². The van der Waals surface area contributed by atoms with Gasteiger partial charge in [0.25, 0.3) is 5.91 Å². The number of rotatable bonds is 10. The minimum absolute atomic E-state index is 0.182. The largest absolute Gasteiger partial charge is 0.387 e. The van der Waals surface area contributed by atoms with E-state index in [0.717, 1.165) is 5.75 Å². The SMILES string of the molecule is CO[C@@H](C(=O)NC1CSCCN(CCN(C)C)C1=O)[C@H](O)[C@@H](O)[C@H](O)/C=C/C(C)(C)C. The molecule has 1 rings (SSSR count). The molecule has 5 atom stereocenters. The Balaban J connectivity index is 2.81. The van der Waals surface area contributed by atoms with E-state index < -0.39 is 36.4 Å². The number of methoxy groups -OCH3 is 1. The predicted octanol–water partition coefficient (Wildman–Crippen LogP) is -0.692. The van der Waals surface area contributed by atoms with Gasteiger partial charge in [-0.1, -0.05) is 32.9 Å². The van der Waals surface area contributed by atoms with Crippen LogP contribution in [0.5, 0.6) is 0 Å². The zero-order valence-corrected chi connectivity index (χ0v) is 20.3. The van der Waals surface area contributed by atoms with Crippen LogP contribution in [0.15, 0.2) is 12.2 Å². The highest BCUT2D eigenvalue weighted by Gasteiger charge is 2.37. The quantitative estimate of drug-likeness (QED) is 0.315. The second-order valence-electron chi connectivity index (χ2n) is 9.12. The maximum absolute atomic E-state index is 12.9. The van der Waals surface area contributed by atoms with Gasteiger partial charge in [-0.05, 0) is 19.5 Å². The average molecular weight is 462 g/mol. The number of ether oxygens (including phenoxy) is 1. The fraction of sp³-hybridized carbons (Fsp3) is 0.810. The van der Waals surface area contributed by atoms with Crippen molar-refractivity contribution >= 4 is 23.6 Å². The van der Waals surface area contributed by atoms with Crippen LogP contribution < -0.4 is 5.32 Å². The zero-order chi connectivity index (χ0) is 23.8. The molecule has 4 N–H and O–H groups in total. The molecule has 1 aliphatic rings. The van der Waals surface area contributed by atoms with Gasteiger partial charge in [0, 0.05) is 38.2 Å². The van der Waals surface area contributed by atoms with Gasteiger partial charge >= 0.3 is 0 Å². The second-order valence-corrected chi connectivity index (χ2v) is 10.3. The number of nitrogens with one attached hydrogen (secondary N) is 1. The van der Waals surface area contributed by atoms with E-state index >= 15 is 0 Å². The molecule has 1 unspecified atom stereocenters. The molecule has 9 nitrogen and oxygen atoms in total. The summed E-state index contributed by atoms with van der Waals surface area (Å²) in [6.07, 6.45) is -3.04. The molecular formula is C21H39N3O6S. The predicted molar refractivity (Wildman–Crippen MR) is 122 cm³/mol. The Morgan fingerprint density at radius 2 is 1.97 bits per heavy atom. The molecule has 0 saturated carbocycles. The summed E-state index contributed by atoms with van der Waals surface area (Å²) in [4.78, 5) is 29.3. The molecule has 1 heterocycles. The molecule has 0 aromatic carbocycles. The van der Waals surface area contributed by atoms with Crippen LogP contribution in [0.1, 0.15) is 20.8 Å². The smallest absolute Gasteiger partial charge is 0.252 e. The molecule has 0 aliphatic carbocycles. The van der Waals surface area contributed by atoms with Crippen LogP contribution in [0.3, 0.4) is 0 Å². The van der Waals surface area contributed by atoms with E-state index in [2.05, 4.69) is 5.32 Å². The molecule has 180 valence electrons. The van der Waals surface area contributed by atoms with E-state index in [1.165, 1.54) is 13.2 Å². The lowest BCUT2D eigenvalue weighted by molar-refractivity contribution is -0.151. The number of aliphatic hydroxyl groups excluding tert-OH is 3. The first kappa shape index (κ1) is 27.9. The van der Waals surface area contributed by atoms with Crippen LogP contribution in [0, 0.1) is 5.41 Å². The topological polar surface area (TPSA) is 123 Å². The highest BCUT2D eigenvalue weighted by molar-refractivity contribution is 7.99. The van der Waals surface area contributed by atoms with Crippen molar-refractivity contribution in [3.63, 3.8) is 0 Å². The third kappa shape index (κ3) is 9.46. The fourth-order valence-corrected chi connectivity index (χ4v) is 3.94. The lowest BCUT2D eigenvalue weighted by Gasteiger charge is -2.29. The van der Waals surface area contributed by atoms with Gasteiger partial charge in [0.05, 0.1) is 0 Å². The van der Waals surface area contributed by atoms with E-state index in [4.69, 9.17) is 4.74 Å². The molecular weight excluding hydrogens is 422 g/mol. The van der Waals surface area contributed by atoms with Crippen LogP contribution in [-0.4, -0.2) is 120 Å². The number of allylic oxidation sites excluding steroid dienone is 1. The van der Waals surface area contributed by atoms with Crippen molar-refractivity contribution in [1.29, 1.82) is 0 Å². The van der Waals surface area contributed by atoms with Crippen LogP contribution in [0.25, 0.3) is 0 Å². The van der Waals surface area contributed by atoms with Crippen molar-refractivity contribution in [2.45, 2.75) is 51.2 Å². The minimum Gasteiger partial charge on any atom is -0.387 e. The number of thioether (sulfide) groups is 1. The Kier molecular flexibility index (Phi) is 11.5. The number of amides is 2. The van der Waals surface area contributed by atoms with E-state index in [1.807, 2.05) is 39.8 Å². The molecule has 2 amide bonds. The Hall–Kier alpha value is -1.17. The average Bonchev–Trinajstić information content (AvgIpc) is 2.85. The summed E-state index contributed by atoms with van der Waals surface area (Å²) in [5, 5.41) is 33.6. The third-order valence-electron chi connectivity index (χ3n) is 4.85. The van der Waals surface area contributed by atoms with Gasteiger partial charge in [-0.3, -0.25) is 9.59 Å². The standard InChI is InChI=1S/C21H39N3O6S/c1-21(2,3)8-7-15(25)16(26)17(27)18(30-6)19(28)22-14-13-31-12-11-24(20(14)29)10-9-23(4)5/h7-8,14-18,25-27H,9-13H2,1-6H3,(H,22,28)/b8-7+/t14?,15-,16+,17-,18-/m1/s1. The first-order chi connectivity index (χ1) is 14.4. The molecule has 1 aliphatic heterocycles. The van der Waals surface area contributed by atoms with Gasteiger partial charge in [0.2, 0.25) is 5.91 Å². The summed E-state index contributed by atoms with van der Waals surface area (Å²) >= 11 is 1.56. The normalized spacial score (nSPS) is 22.3. The molecule has 0 bridgehead atoms. The number of nitrogens with zero attached hydrogens (tertiary/aromatic N) is 2. The summed E-state index contributed by atoms with van der Waals surface area (Å²) in [6.45, 7) is 7.64. The molecule has 0 aromatic heterocycles. The Morgan fingerprint density at radius 1 is 1.32 bits per heavy atom. The molecule has 1 fully saturated rings. The summed E-state index contributed by atoms with van der Waals surface area (Å²) in [6, 6.07) is -0.755. The Labute approximate surface area is 189 Å². The first-order valence-corrected chi connectivity index (χ1v) is 11.6. The van der Waals surface area contributed by atoms with Gasteiger partial charge in [-0.15, -0.1) is 0 Å². The van der Waals surface area contributed by atoms with Gasteiger partial charge in [-0.25, -0.2) is 0 Å². The Bertz CT molecular complexity index is 610. The van der Waals surface area contributed by atoms with Crippen molar-refractivity contribution in [1.82, 2.24) is 15.1 Å². The zero-order valence-electron chi connectivity index (χ0n) is 19.4. The highest BCUT2D eigenvalue weighted by atomic mass is 32.2. The van der Waals surface area contributed by atoms with E-state index in [-0.39, 0.29) is 11.3 Å². The van der Waals surface area contributed by atoms with Crippen molar-refractivity contribution < 1.29 is 29.6 Å². The molecule has 31 heavy (non-hydrogen) atoms. The number of hydrogen-bond donors (Lipinski definition) is 4. The van der Waals surface area contributed by atoms with Crippen LogP contribution >= 0.6 is 11.8 Å². The van der Waals surface area contributed by atoms with Gasteiger partial charge in [-0.2, -0.15) is 11.8 Å². The number of aliphatic hydroxyl groups is 3.